The number of benzene rings is 3. The fourth-order valence-corrected chi connectivity index (χ4v) is 4.57. The molecule has 0 unspecified atom stereocenters. The summed E-state index contributed by atoms with van der Waals surface area (Å²) < 4.78 is 7.11. The quantitative estimate of drug-likeness (QED) is 0.339. The van der Waals surface area contributed by atoms with Gasteiger partial charge in [-0.05, 0) is 79.7 Å². The van der Waals surface area contributed by atoms with Crippen LogP contribution >= 0.6 is 31.9 Å². The Hall–Kier alpha value is -2.84. The maximum absolute atomic E-state index is 13.0. The molecule has 0 saturated carbocycles. The predicted molar refractivity (Wildman–Crippen MR) is 134 cm³/mol. The maximum atomic E-state index is 13.0. The summed E-state index contributed by atoms with van der Waals surface area (Å²) in [6.07, 6.45) is 0. The summed E-state index contributed by atoms with van der Waals surface area (Å²) in [6, 6.07) is 16.8. The molecule has 0 saturated heterocycles. The average molecular weight is 577 g/mol. The van der Waals surface area contributed by atoms with Gasteiger partial charge in [0.1, 0.15) is 18.0 Å². The summed E-state index contributed by atoms with van der Waals surface area (Å²) in [5, 5.41) is 19.6. The predicted octanol–water partition coefficient (Wildman–Crippen LogP) is 6.74. The minimum Gasteiger partial charge on any atom is -0.508 e. The lowest BCUT2D eigenvalue weighted by atomic mass is 9.86. The third-order valence-electron chi connectivity index (χ3n) is 4.85. The van der Waals surface area contributed by atoms with Crippen LogP contribution in [0.15, 0.2) is 69.6 Å². The van der Waals surface area contributed by atoms with Crippen LogP contribution in [0.5, 0.6) is 17.2 Å². The van der Waals surface area contributed by atoms with Crippen molar-refractivity contribution >= 4 is 49.4 Å². The van der Waals surface area contributed by atoms with Crippen LogP contribution in [0.4, 0.5) is 5.69 Å². The Morgan fingerprint density at radius 3 is 2.12 bits per heavy atom. The highest BCUT2D eigenvalue weighted by Crippen LogP contribution is 2.42. The van der Waals surface area contributed by atoms with Crippen LogP contribution in [0.1, 0.15) is 36.7 Å². The van der Waals surface area contributed by atoms with Gasteiger partial charge in [0.15, 0.2) is 5.75 Å². The molecule has 172 valence electrons. The number of carbonyl (C=O) groups is 2. The first-order valence-electron chi connectivity index (χ1n) is 10.1. The zero-order chi connectivity index (χ0) is 24.3. The summed E-state index contributed by atoms with van der Waals surface area (Å²) in [5.74, 6) is -0.405. The molecule has 1 amide bonds. The number of hydrogen-bond donors (Lipinski definition) is 2. The van der Waals surface area contributed by atoms with Crippen molar-refractivity contribution in [3.05, 3.63) is 80.7 Å². The summed E-state index contributed by atoms with van der Waals surface area (Å²) in [5.41, 5.74) is 1.23. The summed E-state index contributed by atoms with van der Waals surface area (Å²) >= 11 is 6.96. The summed E-state index contributed by atoms with van der Waals surface area (Å²) in [7, 11) is 0. The van der Waals surface area contributed by atoms with Crippen LogP contribution in [0, 0.1) is 0 Å². The van der Waals surface area contributed by atoms with Gasteiger partial charge >= 0.3 is 5.97 Å². The van der Waals surface area contributed by atoms with Gasteiger partial charge in [-0.3, -0.25) is 14.5 Å². The average Bonchev–Trinajstić information content (AvgIpc) is 2.74. The van der Waals surface area contributed by atoms with E-state index >= 15 is 0 Å². The van der Waals surface area contributed by atoms with Gasteiger partial charge in [-0.1, -0.05) is 39.0 Å². The molecule has 0 bridgehead atoms. The molecular formula is C25H23Br2NO5. The molecule has 33 heavy (non-hydrogen) atoms. The Bertz CT molecular complexity index is 1170. The van der Waals surface area contributed by atoms with E-state index in [0.717, 1.165) is 5.56 Å². The van der Waals surface area contributed by atoms with Gasteiger partial charge in [-0.2, -0.15) is 0 Å². The van der Waals surface area contributed by atoms with E-state index in [0.29, 0.717) is 31.7 Å². The van der Waals surface area contributed by atoms with Gasteiger partial charge < -0.3 is 14.9 Å². The number of rotatable bonds is 6. The minimum atomic E-state index is -1.13. The molecule has 0 aromatic heterocycles. The zero-order valence-corrected chi connectivity index (χ0v) is 21.5. The number of carbonyl (C=O) groups excluding carboxylic acids is 1. The molecule has 0 aliphatic rings. The van der Waals surface area contributed by atoms with E-state index in [9.17, 15) is 19.8 Å². The van der Waals surface area contributed by atoms with Crippen molar-refractivity contribution in [2.75, 3.05) is 11.4 Å². The molecule has 0 aliphatic carbocycles. The number of nitrogens with zero attached hydrogens (tertiary/aromatic N) is 1. The lowest BCUT2D eigenvalue weighted by molar-refractivity contribution is -0.135. The van der Waals surface area contributed by atoms with E-state index in [4.69, 9.17) is 4.74 Å². The maximum Gasteiger partial charge on any atom is 0.323 e. The fourth-order valence-electron chi connectivity index (χ4n) is 3.25. The van der Waals surface area contributed by atoms with E-state index < -0.39 is 18.4 Å². The van der Waals surface area contributed by atoms with E-state index in [-0.39, 0.29) is 11.2 Å². The molecular weight excluding hydrogens is 554 g/mol. The van der Waals surface area contributed by atoms with Gasteiger partial charge in [0.25, 0.3) is 5.91 Å². The number of carboxylic acids is 1. The number of phenols is 1. The molecule has 0 heterocycles. The molecule has 6 nitrogen and oxygen atoms in total. The Morgan fingerprint density at radius 1 is 0.970 bits per heavy atom. The number of carboxylic acid groups (broad SMARTS) is 1. The second kappa shape index (κ2) is 9.97. The zero-order valence-electron chi connectivity index (χ0n) is 18.3. The molecule has 0 spiro atoms. The SMILES string of the molecule is CC(C)(C)c1cc(Oc2c(Br)cc(N(CC(=O)O)C(=O)c3ccccc3)cc2Br)ccc1O. The second-order valence-corrected chi connectivity index (χ2v) is 10.1. The first-order chi connectivity index (χ1) is 15.5. The molecule has 3 aromatic rings. The Balaban J connectivity index is 1.97. The van der Waals surface area contributed by atoms with Gasteiger partial charge in [-0.25, -0.2) is 0 Å². The van der Waals surface area contributed by atoms with Crippen molar-refractivity contribution in [1.82, 2.24) is 0 Å². The van der Waals surface area contributed by atoms with E-state index in [2.05, 4.69) is 31.9 Å². The number of aromatic hydroxyl groups is 1. The molecule has 0 aliphatic heterocycles. The number of ether oxygens (including phenoxy) is 1. The molecule has 3 aromatic carbocycles. The monoisotopic (exact) mass is 575 g/mol. The van der Waals surface area contributed by atoms with Crippen molar-refractivity contribution in [2.45, 2.75) is 26.2 Å². The van der Waals surface area contributed by atoms with Gasteiger partial charge in [-0.15, -0.1) is 0 Å². The van der Waals surface area contributed by atoms with Crippen LogP contribution in [0.25, 0.3) is 0 Å². The number of hydrogen-bond acceptors (Lipinski definition) is 4. The standard InChI is InChI=1S/C25H23Br2NO5/c1-25(2,3)18-13-17(9-10-21(18)29)33-23-19(26)11-16(12-20(23)27)28(14-22(30)31)24(32)15-7-5-4-6-8-15/h4-13,29H,14H2,1-3H3,(H,30,31). The van der Waals surface area contributed by atoms with Crippen LogP contribution in [-0.4, -0.2) is 28.6 Å². The highest BCUT2D eigenvalue weighted by Gasteiger charge is 2.24. The van der Waals surface area contributed by atoms with E-state index in [1.54, 1.807) is 60.7 Å². The Morgan fingerprint density at radius 2 is 1.58 bits per heavy atom. The van der Waals surface area contributed by atoms with E-state index in [1.807, 2.05) is 20.8 Å². The molecule has 0 atom stereocenters. The number of anilines is 1. The van der Waals surface area contributed by atoms with Crippen LogP contribution < -0.4 is 9.64 Å². The molecule has 0 fully saturated rings. The van der Waals surface area contributed by atoms with Crippen molar-refractivity contribution in [3.63, 3.8) is 0 Å². The van der Waals surface area contributed by atoms with Gasteiger partial charge in [0.2, 0.25) is 0 Å². The number of phenolic OH excluding ortho intramolecular Hbond substituents is 1. The lowest BCUT2D eigenvalue weighted by Gasteiger charge is -2.23. The third kappa shape index (κ3) is 5.94. The first-order valence-corrected chi connectivity index (χ1v) is 11.6. The van der Waals surface area contributed by atoms with Crippen LogP contribution in [-0.2, 0) is 10.2 Å². The third-order valence-corrected chi connectivity index (χ3v) is 6.03. The number of aliphatic carboxylic acids is 1. The molecule has 0 radical (unpaired) electrons. The Kier molecular flexibility index (Phi) is 7.49. The second-order valence-electron chi connectivity index (χ2n) is 8.42. The normalized spacial score (nSPS) is 11.2. The number of amides is 1. The van der Waals surface area contributed by atoms with Crippen molar-refractivity contribution in [2.24, 2.45) is 0 Å². The summed E-state index contributed by atoms with van der Waals surface area (Å²) in [6.45, 7) is 5.48. The minimum absolute atomic E-state index is 0.187. The van der Waals surface area contributed by atoms with Crippen molar-refractivity contribution < 1.29 is 24.5 Å². The fraction of sp³-hybridized carbons (Fsp3) is 0.200. The highest BCUT2D eigenvalue weighted by molar-refractivity contribution is 9.11. The highest BCUT2D eigenvalue weighted by atomic mass is 79.9. The van der Waals surface area contributed by atoms with Crippen molar-refractivity contribution in [1.29, 1.82) is 0 Å². The lowest BCUT2D eigenvalue weighted by Crippen LogP contribution is -2.35. The summed E-state index contributed by atoms with van der Waals surface area (Å²) in [4.78, 5) is 25.7. The molecule has 8 heteroatoms. The first kappa shape index (κ1) is 24.8. The molecule has 2 N–H and O–H groups in total. The van der Waals surface area contributed by atoms with Gasteiger partial charge in [0.05, 0.1) is 8.95 Å². The molecule has 3 rings (SSSR count). The van der Waals surface area contributed by atoms with E-state index in [1.165, 1.54) is 4.90 Å². The van der Waals surface area contributed by atoms with Crippen LogP contribution in [0.2, 0.25) is 0 Å². The van der Waals surface area contributed by atoms with Gasteiger partial charge in [0, 0.05) is 16.8 Å². The number of halogens is 2. The topological polar surface area (TPSA) is 87.1 Å². The Labute approximate surface area is 209 Å². The van der Waals surface area contributed by atoms with Crippen LogP contribution in [0.3, 0.4) is 0 Å². The van der Waals surface area contributed by atoms with Crippen molar-refractivity contribution in [3.8, 4) is 17.2 Å². The largest absolute Gasteiger partial charge is 0.508 e. The smallest absolute Gasteiger partial charge is 0.323 e.